The minimum atomic E-state index is 0.660. The Bertz CT molecular complexity index is 6870. The third kappa shape index (κ3) is 9.29. The van der Waals surface area contributed by atoms with Crippen molar-refractivity contribution in [2.24, 2.45) is 0 Å². The summed E-state index contributed by atoms with van der Waals surface area (Å²) in [6, 6.07) is 126. The van der Waals surface area contributed by atoms with Crippen molar-refractivity contribution in [1.29, 1.82) is 10.5 Å². The Hall–Kier alpha value is -13.9. The van der Waals surface area contributed by atoms with Crippen LogP contribution in [0, 0.1) is 22.7 Å². The van der Waals surface area contributed by atoms with Crippen LogP contribution in [-0.2, 0) is 0 Å². The molecule has 0 fully saturated rings. The molecule has 470 valence electrons. The number of hydrogen-bond acceptors (Lipinski definition) is 4. The van der Waals surface area contributed by atoms with Crippen LogP contribution in [0.25, 0.3) is 186 Å². The molecule has 0 aromatic heterocycles. The van der Waals surface area contributed by atoms with Gasteiger partial charge in [0.1, 0.15) is 23.0 Å². The maximum absolute atomic E-state index is 9.69. The van der Waals surface area contributed by atoms with Gasteiger partial charge in [0.15, 0.2) is 0 Å². The van der Waals surface area contributed by atoms with E-state index in [2.05, 4.69) is 303 Å². The normalized spacial score (nSPS) is 11.9. The van der Waals surface area contributed by atoms with Crippen molar-refractivity contribution in [2.75, 3.05) is 0 Å². The molecule has 0 atom stereocenters. The summed E-state index contributed by atoms with van der Waals surface area (Å²) in [5.41, 5.74) is 19.8. The molecule has 0 radical (unpaired) electrons. The van der Waals surface area contributed by atoms with Gasteiger partial charge < -0.3 is 9.47 Å². The molecule has 4 nitrogen and oxygen atoms in total. The van der Waals surface area contributed by atoms with E-state index in [-0.39, 0.29) is 0 Å². The molecule has 0 unspecified atom stereocenters. The monoisotopic (exact) mass is 1290 g/mol. The third-order valence-corrected chi connectivity index (χ3v) is 21.2. The Balaban J connectivity index is 0.000000137. The molecule has 0 amide bonds. The second-order valence-corrected chi connectivity index (χ2v) is 26.6. The zero-order chi connectivity index (χ0) is 67.5. The summed E-state index contributed by atoms with van der Waals surface area (Å²) < 4.78 is 12.9. The SMILES string of the molecule is N#Cc1ccc2c3c(cccc13)-c1ccc(-c3ccc(-c4cc5c6ccccc6c(-c6cccc7ccccc67)cc5c5ccccc45)cc3)cc1O2.N#Cc1ccc2c3c(cccc13)-c1ccc(-c3ccc(-c4cc5c6ccccc6c(-c6ccccc6)cc5c5ccccc45)cc3)cc1O2. The van der Waals surface area contributed by atoms with E-state index in [4.69, 9.17) is 9.47 Å². The van der Waals surface area contributed by atoms with E-state index >= 15 is 0 Å². The lowest BCUT2D eigenvalue weighted by Gasteiger charge is -2.22. The van der Waals surface area contributed by atoms with Crippen LogP contribution in [0.3, 0.4) is 0 Å². The molecule has 21 rings (SSSR count). The minimum absolute atomic E-state index is 0.660. The highest BCUT2D eigenvalue weighted by Gasteiger charge is 2.25. The van der Waals surface area contributed by atoms with Gasteiger partial charge in [-0.3, -0.25) is 0 Å². The third-order valence-electron chi connectivity index (χ3n) is 21.2. The van der Waals surface area contributed by atoms with Crippen LogP contribution in [0.5, 0.6) is 23.0 Å². The van der Waals surface area contributed by atoms with Gasteiger partial charge in [0, 0.05) is 32.7 Å². The first-order valence-corrected chi connectivity index (χ1v) is 34.5. The predicted octanol–water partition coefficient (Wildman–Crippen LogP) is 27.0. The standard InChI is InChI=1S/C51H29NO.C47H27NO/c52-30-35-24-26-49-51-37(35)16-8-18-44(51)43-25-23-34(27-50(43)53-49)31-19-21-33(22-20-31)45-28-47-42-15-6-5-14-41(42)46(29-48(47)40-13-4-3-12-39(40)45)38-17-7-10-32-9-1-2-11-36(32)38;48-28-33-22-24-45-47-34(33)15-8-16-40(47)39-23-21-32(25-46(39)49-45)29-17-19-31(20-18-29)42-27-44-37-13-6-4-11-35(37)41(30-9-2-1-3-10-30)26-43(44)38-14-7-5-12-36(38)42/h1-29H;1-27H. The van der Waals surface area contributed by atoms with Gasteiger partial charge in [0.05, 0.1) is 23.3 Å². The smallest absolute Gasteiger partial charge is 0.136 e. The highest BCUT2D eigenvalue weighted by Crippen LogP contribution is 2.52. The number of ether oxygens (including phenoxy) is 2. The molecular formula is C98H56N2O2. The fraction of sp³-hybridized carbons (Fsp3) is 0. The van der Waals surface area contributed by atoms with Crippen molar-refractivity contribution in [3.63, 3.8) is 0 Å². The van der Waals surface area contributed by atoms with E-state index in [0.717, 1.165) is 89.1 Å². The van der Waals surface area contributed by atoms with E-state index in [1.807, 2.05) is 48.5 Å². The van der Waals surface area contributed by atoms with Gasteiger partial charge in [-0.2, -0.15) is 10.5 Å². The number of nitrogens with zero attached hydrogens (tertiary/aromatic N) is 2. The van der Waals surface area contributed by atoms with Crippen molar-refractivity contribution in [3.8, 4) is 124 Å². The van der Waals surface area contributed by atoms with Crippen molar-refractivity contribution >= 4 is 97.0 Å². The highest BCUT2D eigenvalue weighted by molar-refractivity contribution is 6.26. The second-order valence-electron chi connectivity index (χ2n) is 26.6. The topological polar surface area (TPSA) is 66.0 Å². The molecule has 2 aliphatic heterocycles. The largest absolute Gasteiger partial charge is 0.456 e. The zero-order valence-electron chi connectivity index (χ0n) is 55.0. The Labute approximate surface area is 588 Å². The maximum Gasteiger partial charge on any atom is 0.136 e. The second kappa shape index (κ2) is 23.4. The lowest BCUT2D eigenvalue weighted by molar-refractivity contribution is 0.487. The predicted molar refractivity (Wildman–Crippen MR) is 424 cm³/mol. The lowest BCUT2D eigenvalue weighted by Crippen LogP contribution is -1.98. The Morgan fingerprint density at radius 1 is 0.176 bits per heavy atom. The maximum atomic E-state index is 9.69. The zero-order valence-corrected chi connectivity index (χ0v) is 55.0. The first kappa shape index (κ1) is 58.3. The van der Waals surface area contributed by atoms with E-state index in [1.54, 1.807) is 0 Å². The average Bonchev–Trinajstić information content (AvgIpc) is 0.747. The van der Waals surface area contributed by atoms with Gasteiger partial charge in [0.25, 0.3) is 0 Å². The van der Waals surface area contributed by atoms with Crippen LogP contribution < -0.4 is 9.47 Å². The van der Waals surface area contributed by atoms with E-state index in [9.17, 15) is 10.5 Å². The van der Waals surface area contributed by atoms with E-state index in [0.29, 0.717) is 11.1 Å². The van der Waals surface area contributed by atoms with Crippen LogP contribution >= 0.6 is 0 Å². The van der Waals surface area contributed by atoms with Crippen molar-refractivity contribution in [1.82, 2.24) is 0 Å². The summed E-state index contributed by atoms with van der Waals surface area (Å²) in [6.07, 6.45) is 0. The average molecular weight is 1290 g/mol. The Kier molecular flexibility index (Phi) is 13.4. The van der Waals surface area contributed by atoms with Crippen LogP contribution in [0.1, 0.15) is 11.1 Å². The minimum Gasteiger partial charge on any atom is -0.456 e. The van der Waals surface area contributed by atoms with Gasteiger partial charge in [-0.25, -0.2) is 0 Å². The molecule has 19 aromatic carbocycles. The molecule has 0 bridgehead atoms. The Morgan fingerprint density at radius 3 is 0.941 bits per heavy atom. The fourth-order valence-electron chi connectivity index (χ4n) is 16.4. The highest BCUT2D eigenvalue weighted by atomic mass is 16.5. The first-order chi connectivity index (χ1) is 50.5. The molecule has 0 aliphatic carbocycles. The fourth-order valence-corrected chi connectivity index (χ4v) is 16.4. The first-order valence-electron chi connectivity index (χ1n) is 34.5. The molecule has 0 saturated carbocycles. The molecule has 4 heteroatoms. The van der Waals surface area contributed by atoms with Crippen LogP contribution in [0.15, 0.2) is 340 Å². The van der Waals surface area contributed by atoms with Crippen molar-refractivity contribution < 1.29 is 9.47 Å². The molecule has 0 N–H and O–H groups in total. The molecular weight excluding hydrogens is 1240 g/mol. The number of benzene rings is 19. The van der Waals surface area contributed by atoms with Crippen molar-refractivity contribution in [3.05, 3.63) is 351 Å². The molecule has 2 heterocycles. The lowest BCUT2D eigenvalue weighted by atomic mass is 9.86. The molecule has 19 aromatic rings. The summed E-state index contributed by atoms with van der Waals surface area (Å²) in [4.78, 5) is 0. The summed E-state index contributed by atoms with van der Waals surface area (Å²) in [5, 5.41) is 40.8. The molecule has 0 spiro atoms. The molecule has 2 aliphatic rings. The quantitative estimate of drug-likeness (QED) is 0.156. The summed E-state index contributed by atoms with van der Waals surface area (Å²) >= 11 is 0. The van der Waals surface area contributed by atoms with Gasteiger partial charge >= 0.3 is 0 Å². The van der Waals surface area contributed by atoms with Crippen molar-refractivity contribution in [2.45, 2.75) is 0 Å². The molecule has 102 heavy (non-hydrogen) atoms. The number of hydrogen-bond donors (Lipinski definition) is 0. The van der Waals surface area contributed by atoms with Gasteiger partial charge in [-0.1, -0.05) is 267 Å². The van der Waals surface area contributed by atoms with Gasteiger partial charge in [-0.05, 0) is 226 Å². The van der Waals surface area contributed by atoms with Gasteiger partial charge in [0.2, 0.25) is 0 Å². The number of nitriles is 2. The summed E-state index contributed by atoms with van der Waals surface area (Å²) in [6.45, 7) is 0. The van der Waals surface area contributed by atoms with Crippen LogP contribution in [-0.4, -0.2) is 0 Å². The number of rotatable bonds is 6. The number of fused-ring (bicyclic) bond motifs is 15. The van der Waals surface area contributed by atoms with Gasteiger partial charge in [-0.15, -0.1) is 0 Å². The summed E-state index contributed by atoms with van der Waals surface area (Å²) in [7, 11) is 0. The van der Waals surface area contributed by atoms with E-state index in [1.165, 1.54) is 120 Å². The Morgan fingerprint density at radius 2 is 0.500 bits per heavy atom. The summed E-state index contributed by atoms with van der Waals surface area (Å²) in [5.74, 6) is 3.23. The van der Waals surface area contributed by atoms with E-state index < -0.39 is 0 Å². The molecule has 0 saturated heterocycles. The van der Waals surface area contributed by atoms with Crippen LogP contribution in [0.4, 0.5) is 0 Å². The van der Waals surface area contributed by atoms with Crippen LogP contribution in [0.2, 0.25) is 0 Å².